The van der Waals surface area contributed by atoms with Crippen LogP contribution in [-0.2, 0) is 0 Å². The molecule has 4 atom stereocenters. The summed E-state index contributed by atoms with van der Waals surface area (Å²) in [6.07, 6.45) is 1.32. The van der Waals surface area contributed by atoms with Crippen molar-refractivity contribution in [1.82, 2.24) is 5.32 Å². The fourth-order valence-electron chi connectivity index (χ4n) is 2.46. The van der Waals surface area contributed by atoms with E-state index in [1.165, 1.54) is 0 Å². The zero-order chi connectivity index (χ0) is 11.4. The molecule has 4 unspecified atom stereocenters. The van der Waals surface area contributed by atoms with Crippen LogP contribution in [0.4, 0.5) is 4.39 Å². The van der Waals surface area contributed by atoms with Crippen LogP contribution in [0.1, 0.15) is 33.6 Å². The van der Waals surface area contributed by atoms with Crippen molar-refractivity contribution in [2.45, 2.75) is 45.8 Å². The van der Waals surface area contributed by atoms with Gasteiger partial charge in [-0.1, -0.05) is 20.8 Å². The molecule has 2 nitrogen and oxygen atoms in total. The van der Waals surface area contributed by atoms with E-state index in [4.69, 9.17) is 5.73 Å². The van der Waals surface area contributed by atoms with Gasteiger partial charge in [-0.2, -0.15) is 0 Å². The molecule has 1 heterocycles. The minimum atomic E-state index is -0.794. The molecule has 0 spiro atoms. The molecule has 0 amide bonds. The van der Waals surface area contributed by atoms with E-state index in [0.29, 0.717) is 18.4 Å². The first-order valence-corrected chi connectivity index (χ1v) is 6.13. The van der Waals surface area contributed by atoms with E-state index in [0.717, 1.165) is 19.4 Å². The molecule has 0 bridgehead atoms. The Bertz CT molecular complexity index is 184. The van der Waals surface area contributed by atoms with Crippen LogP contribution in [0.15, 0.2) is 0 Å². The third-order valence-corrected chi connectivity index (χ3v) is 3.62. The number of hydrogen-bond acceptors (Lipinski definition) is 2. The number of halogens is 1. The van der Waals surface area contributed by atoms with Gasteiger partial charge in [-0.05, 0) is 37.8 Å². The van der Waals surface area contributed by atoms with Crippen LogP contribution in [-0.4, -0.2) is 25.3 Å². The molecule has 1 fully saturated rings. The number of piperidine rings is 1. The first-order chi connectivity index (χ1) is 7.06. The van der Waals surface area contributed by atoms with Crippen molar-refractivity contribution in [3.05, 3.63) is 0 Å². The van der Waals surface area contributed by atoms with Gasteiger partial charge in [0.1, 0.15) is 6.17 Å². The van der Waals surface area contributed by atoms with Crippen molar-refractivity contribution in [3.8, 4) is 0 Å². The number of nitrogens with one attached hydrogen (secondary N) is 1. The predicted molar refractivity (Wildman–Crippen MR) is 62.5 cm³/mol. The smallest absolute Gasteiger partial charge is 0.120 e. The van der Waals surface area contributed by atoms with Crippen LogP contribution in [0.5, 0.6) is 0 Å². The molecular formula is C12H25FN2. The van der Waals surface area contributed by atoms with Gasteiger partial charge in [-0.15, -0.1) is 0 Å². The lowest BCUT2D eigenvalue weighted by atomic mass is 9.82. The molecule has 0 aliphatic carbocycles. The quantitative estimate of drug-likeness (QED) is 0.753. The maximum atomic E-state index is 14.2. The fourth-order valence-corrected chi connectivity index (χ4v) is 2.46. The van der Waals surface area contributed by atoms with Crippen LogP contribution in [0.2, 0.25) is 0 Å². The third-order valence-electron chi connectivity index (χ3n) is 3.62. The SMILES string of the molecule is CC1CCNC(C(F)C(CN)C(C)C)C1. The van der Waals surface area contributed by atoms with Gasteiger partial charge in [-0.3, -0.25) is 0 Å². The van der Waals surface area contributed by atoms with Crippen molar-refractivity contribution < 1.29 is 4.39 Å². The predicted octanol–water partition coefficient (Wildman–Crippen LogP) is 1.94. The van der Waals surface area contributed by atoms with E-state index >= 15 is 0 Å². The van der Waals surface area contributed by atoms with Gasteiger partial charge < -0.3 is 11.1 Å². The van der Waals surface area contributed by atoms with Crippen LogP contribution >= 0.6 is 0 Å². The molecule has 0 aromatic rings. The normalized spacial score (nSPS) is 31.6. The van der Waals surface area contributed by atoms with Crippen LogP contribution < -0.4 is 11.1 Å². The average Bonchev–Trinajstić information content (AvgIpc) is 2.18. The first kappa shape index (κ1) is 12.9. The van der Waals surface area contributed by atoms with Crippen LogP contribution in [0, 0.1) is 17.8 Å². The molecular weight excluding hydrogens is 191 g/mol. The summed E-state index contributed by atoms with van der Waals surface area (Å²) in [5.41, 5.74) is 5.65. The average molecular weight is 216 g/mol. The molecule has 3 heteroatoms. The Kier molecular flexibility index (Phi) is 5.00. The Morgan fingerprint density at radius 3 is 2.60 bits per heavy atom. The summed E-state index contributed by atoms with van der Waals surface area (Å²) in [7, 11) is 0. The van der Waals surface area contributed by atoms with Gasteiger partial charge in [0.25, 0.3) is 0 Å². The van der Waals surface area contributed by atoms with Crippen molar-refractivity contribution in [2.24, 2.45) is 23.5 Å². The van der Waals surface area contributed by atoms with E-state index in [2.05, 4.69) is 26.1 Å². The van der Waals surface area contributed by atoms with Gasteiger partial charge >= 0.3 is 0 Å². The van der Waals surface area contributed by atoms with E-state index in [-0.39, 0.29) is 12.0 Å². The molecule has 15 heavy (non-hydrogen) atoms. The monoisotopic (exact) mass is 216 g/mol. The molecule has 0 aromatic carbocycles. The minimum Gasteiger partial charge on any atom is -0.330 e. The van der Waals surface area contributed by atoms with Crippen molar-refractivity contribution in [3.63, 3.8) is 0 Å². The van der Waals surface area contributed by atoms with Gasteiger partial charge in [0.2, 0.25) is 0 Å². The Morgan fingerprint density at radius 1 is 1.47 bits per heavy atom. The lowest BCUT2D eigenvalue weighted by Crippen LogP contribution is -2.48. The van der Waals surface area contributed by atoms with Gasteiger partial charge in [0.15, 0.2) is 0 Å². The molecule has 1 aliphatic heterocycles. The molecule has 1 aliphatic rings. The fraction of sp³-hybridized carbons (Fsp3) is 1.00. The molecule has 0 saturated carbocycles. The summed E-state index contributed by atoms with van der Waals surface area (Å²) in [6.45, 7) is 7.70. The maximum absolute atomic E-state index is 14.2. The number of alkyl halides is 1. The summed E-state index contributed by atoms with van der Waals surface area (Å²) in [5.74, 6) is 0.955. The second-order valence-corrected chi connectivity index (χ2v) is 5.28. The minimum absolute atomic E-state index is 0.00667. The summed E-state index contributed by atoms with van der Waals surface area (Å²) in [5, 5.41) is 3.29. The highest BCUT2D eigenvalue weighted by molar-refractivity contribution is 4.87. The number of nitrogens with two attached hydrogens (primary N) is 1. The van der Waals surface area contributed by atoms with Crippen molar-refractivity contribution >= 4 is 0 Å². The second-order valence-electron chi connectivity index (χ2n) is 5.28. The van der Waals surface area contributed by atoms with Gasteiger partial charge in [-0.25, -0.2) is 4.39 Å². The van der Waals surface area contributed by atoms with Gasteiger partial charge in [0.05, 0.1) is 0 Å². The third kappa shape index (κ3) is 3.42. The number of hydrogen-bond donors (Lipinski definition) is 2. The molecule has 0 aromatic heterocycles. The van der Waals surface area contributed by atoms with Gasteiger partial charge in [0, 0.05) is 12.0 Å². The Morgan fingerprint density at radius 2 is 2.13 bits per heavy atom. The number of rotatable bonds is 4. The zero-order valence-electron chi connectivity index (χ0n) is 10.2. The molecule has 1 rings (SSSR count). The largest absolute Gasteiger partial charge is 0.330 e. The lowest BCUT2D eigenvalue weighted by molar-refractivity contribution is 0.112. The summed E-state index contributed by atoms with van der Waals surface area (Å²) in [4.78, 5) is 0. The Hall–Kier alpha value is -0.150. The zero-order valence-corrected chi connectivity index (χ0v) is 10.2. The van der Waals surface area contributed by atoms with Crippen LogP contribution in [0.25, 0.3) is 0 Å². The molecule has 90 valence electrons. The van der Waals surface area contributed by atoms with Crippen LogP contribution in [0.3, 0.4) is 0 Å². The first-order valence-electron chi connectivity index (χ1n) is 6.13. The van der Waals surface area contributed by atoms with E-state index in [1.807, 2.05) is 0 Å². The molecule has 0 radical (unpaired) electrons. The summed E-state index contributed by atoms with van der Waals surface area (Å²) >= 11 is 0. The summed E-state index contributed by atoms with van der Waals surface area (Å²) < 4.78 is 14.2. The highest BCUT2D eigenvalue weighted by Crippen LogP contribution is 2.26. The topological polar surface area (TPSA) is 38.0 Å². The molecule has 1 saturated heterocycles. The van der Waals surface area contributed by atoms with E-state index in [9.17, 15) is 4.39 Å². The second kappa shape index (κ2) is 5.80. The van der Waals surface area contributed by atoms with E-state index < -0.39 is 6.17 Å². The standard InChI is InChI=1S/C12H25FN2/c1-8(2)10(7-14)12(13)11-6-9(3)4-5-15-11/h8-12,15H,4-7,14H2,1-3H3. The molecule has 3 N–H and O–H groups in total. The van der Waals surface area contributed by atoms with Crippen molar-refractivity contribution in [2.75, 3.05) is 13.1 Å². The lowest BCUT2D eigenvalue weighted by Gasteiger charge is -2.35. The van der Waals surface area contributed by atoms with Crippen molar-refractivity contribution in [1.29, 1.82) is 0 Å². The highest BCUT2D eigenvalue weighted by Gasteiger charge is 2.32. The maximum Gasteiger partial charge on any atom is 0.120 e. The van der Waals surface area contributed by atoms with E-state index in [1.54, 1.807) is 0 Å². The summed E-state index contributed by atoms with van der Waals surface area (Å²) in [6, 6.07) is 0.0182. The highest BCUT2D eigenvalue weighted by atomic mass is 19.1. The Labute approximate surface area is 92.8 Å². The Balaban J connectivity index is 2.53.